The van der Waals surface area contributed by atoms with Crippen molar-refractivity contribution in [1.29, 1.82) is 5.26 Å². The van der Waals surface area contributed by atoms with E-state index in [0.29, 0.717) is 18.6 Å². The molecule has 0 spiro atoms. The summed E-state index contributed by atoms with van der Waals surface area (Å²) in [4.78, 5) is 11.1. The molecule has 0 atom stereocenters. The molecular formula is C16H22N2O2. The van der Waals surface area contributed by atoms with Crippen LogP contribution in [0.5, 0.6) is 0 Å². The lowest BCUT2D eigenvalue weighted by molar-refractivity contribution is -0.143. The van der Waals surface area contributed by atoms with Gasteiger partial charge in [-0.25, -0.2) is 0 Å². The van der Waals surface area contributed by atoms with E-state index in [1.54, 1.807) is 0 Å². The highest BCUT2D eigenvalue weighted by Gasteiger charge is 2.00. The number of hydrogen-bond donors (Lipinski definition) is 1. The summed E-state index contributed by atoms with van der Waals surface area (Å²) in [6.07, 6.45) is 3.48. The third-order valence-electron chi connectivity index (χ3n) is 2.95. The van der Waals surface area contributed by atoms with E-state index in [1.165, 1.54) is 5.56 Å². The van der Waals surface area contributed by atoms with Crippen molar-refractivity contribution in [3.63, 3.8) is 0 Å². The summed E-state index contributed by atoms with van der Waals surface area (Å²) in [6.45, 7) is 4.03. The van der Waals surface area contributed by atoms with E-state index in [-0.39, 0.29) is 5.97 Å². The summed E-state index contributed by atoms with van der Waals surface area (Å²) in [5.41, 5.74) is 1.86. The van der Waals surface area contributed by atoms with Gasteiger partial charge in [-0.15, -0.1) is 0 Å². The number of esters is 1. The van der Waals surface area contributed by atoms with Gasteiger partial charge >= 0.3 is 5.97 Å². The minimum atomic E-state index is -0.0990. The van der Waals surface area contributed by atoms with Crippen LogP contribution >= 0.6 is 0 Å². The van der Waals surface area contributed by atoms with Gasteiger partial charge in [0.2, 0.25) is 0 Å². The van der Waals surface area contributed by atoms with Crippen LogP contribution in [0.25, 0.3) is 0 Å². The highest BCUT2D eigenvalue weighted by atomic mass is 16.5. The molecule has 0 saturated heterocycles. The molecule has 20 heavy (non-hydrogen) atoms. The van der Waals surface area contributed by atoms with E-state index in [9.17, 15) is 4.79 Å². The molecule has 0 bridgehead atoms. The molecule has 1 rings (SSSR count). The smallest absolute Gasteiger partial charge is 0.305 e. The molecule has 0 aliphatic heterocycles. The maximum absolute atomic E-state index is 11.1. The number of unbranched alkanes of at least 4 members (excludes halogenated alkanes) is 2. The van der Waals surface area contributed by atoms with Gasteiger partial charge in [0, 0.05) is 13.0 Å². The average Bonchev–Trinajstić information content (AvgIpc) is 2.47. The number of nitrogens with zero attached hydrogens (tertiary/aromatic N) is 1. The van der Waals surface area contributed by atoms with Crippen LogP contribution in [0.15, 0.2) is 24.3 Å². The Hall–Kier alpha value is -1.86. The molecule has 0 aromatic heterocycles. The van der Waals surface area contributed by atoms with E-state index >= 15 is 0 Å². The first-order valence-electron chi connectivity index (χ1n) is 7.11. The highest BCUT2D eigenvalue weighted by Crippen LogP contribution is 2.04. The lowest BCUT2D eigenvalue weighted by atomic mass is 10.1. The quantitative estimate of drug-likeness (QED) is 0.555. The Bertz CT molecular complexity index is 435. The number of hydrogen-bond acceptors (Lipinski definition) is 4. The lowest BCUT2D eigenvalue weighted by Crippen LogP contribution is -2.14. The van der Waals surface area contributed by atoms with Crippen molar-refractivity contribution in [3.8, 4) is 6.07 Å². The Morgan fingerprint density at radius 2 is 2.00 bits per heavy atom. The molecule has 0 aliphatic rings. The molecule has 4 heteroatoms. The SMILES string of the molecule is CCOC(=O)CCCCCNCc1ccc(C#N)cc1. The molecule has 0 aliphatic carbocycles. The van der Waals surface area contributed by atoms with Crippen molar-refractivity contribution >= 4 is 5.97 Å². The number of nitriles is 1. The zero-order chi connectivity index (χ0) is 14.6. The van der Waals surface area contributed by atoms with Crippen LogP contribution in [0.4, 0.5) is 0 Å². The fourth-order valence-corrected chi connectivity index (χ4v) is 1.86. The number of rotatable bonds is 9. The third-order valence-corrected chi connectivity index (χ3v) is 2.95. The Kier molecular flexibility index (Phi) is 8.09. The van der Waals surface area contributed by atoms with Gasteiger partial charge in [0.15, 0.2) is 0 Å². The first-order valence-corrected chi connectivity index (χ1v) is 7.11. The van der Waals surface area contributed by atoms with Crippen LogP contribution in [0.3, 0.4) is 0 Å². The second kappa shape index (κ2) is 9.99. The van der Waals surface area contributed by atoms with E-state index in [1.807, 2.05) is 31.2 Å². The summed E-state index contributed by atoms with van der Waals surface area (Å²) in [7, 11) is 0. The molecule has 4 nitrogen and oxygen atoms in total. The molecule has 0 saturated carbocycles. The number of ether oxygens (including phenoxy) is 1. The molecule has 0 amide bonds. The van der Waals surface area contributed by atoms with E-state index < -0.39 is 0 Å². The molecule has 0 unspecified atom stereocenters. The lowest BCUT2D eigenvalue weighted by Gasteiger charge is -2.05. The minimum Gasteiger partial charge on any atom is -0.466 e. The fourth-order valence-electron chi connectivity index (χ4n) is 1.86. The Balaban J connectivity index is 2.02. The molecule has 1 aromatic rings. The van der Waals surface area contributed by atoms with Crippen molar-refractivity contribution in [2.75, 3.05) is 13.2 Å². The number of nitrogens with one attached hydrogen (secondary N) is 1. The van der Waals surface area contributed by atoms with Crippen LogP contribution in [0.2, 0.25) is 0 Å². The van der Waals surface area contributed by atoms with Crippen LogP contribution in [0.1, 0.15) is 43.7 Å². The molecule has 1 N–H and O–H groups in total. The van der Waals surface area contributed by atoms with Crippen LogP contribution in [-0.2, 0) is 16.1 Å². The van der Waals surface area contributed by atoms with E-state index in [0.717, 1.165) is 32.4 Å². The van der Waals surface area contributed by atoms with Crippen molar-refractivity contribution < 1.29 is 9.53 Å². The molecular weight excluding hydrogens is 252 g/mol. The Morgan fingerprint density at radius 1 is 1.25 bits per heavy atom. The van der Waals surface area contributed by atoms with Crippen molar-refractivity contribution in [2.24, 2.45) is 0 Å². The largest absolute Gasteiger partial charge is 0.466 e. The van der Waals surface area contributed by atoms with Gasteiger partial charge in [0.1, 0.15) is 0 Å². The third kappa shape index (κ3) is 6.91. The molecule has 1 aromatic carbocycles. The predicted octanol–water partition coefficient (Wildman–Crippen LogP) is 2.77. The van der Waals surface area contributed by atoms with Crippen molar-refractivity contribution in [3.05, 3.63) is 35.4 Å². The summed E-state index contributed by atoms with van der Waals surface area (Å²) < 4.78 is 4.87. The maximum Gasteiger partial charge on any atom is 0.305 e. The van der Waals surface area contributed by atoms with Crippen molar-refractivity contribution in [2.45, 2.75) is 39.2 Å². The van der Waals surface area contributed by atoms with Crippen LogP contribution in [-0.4, -0.2) is 19.1 Å². The second-order valence-corrected chi connectivity index (χ2v) is 4.60. The first kappa shape index (κ1) is 16.2. The van der Waals surface area contributed by atoms with Gasteiger partial charge in [-0.2, -0.15) is 5.26 Å². The van der Waals surface area contributed by atoms with Gasteiger partial charge in [0.05, 0.1) is 18.2 Å². The van der Waals surface area contributed by atoms with Gasteiger partial charge in [-0.05, 0) is 44.0 Å². The predicted molar refractivity (Wildman–Crippen MR) is 78.0 cm³/mol. The van der Waals surface area contributed by atoms with Crippen LogP contribution in [0, 0.1) is 11.3 Å². The van der Waals surface area contributed by atoms with Gasteiger partial charge < -0.3 is 10.1 Å². The molecule has 0 fully saturated rings. The van der Waals surface area contributed by atoms with Gasteiger partial charge in [-0.1, -0.05) is 18.6 Å². The minimum absolute atomic E-state index is 0.0990. The van der Waals surface area contributed by atoms with Gasteiger partial charge in [-0.3, -0.25) is 4.79 Å². The Labute approximate surface area is 120 Å². The zero-order valence-corrected chi connectivity index (χ0v) is 12.0. The van der Waals surface area contributed by atoms with E-state index in [2.05, 4.69) is 11.4 Å². The standard InChI is InChI=1S/C16H22N2O2/c1-2-20-16(19)6-4-3-5-11-18-13-15-9-7-14(12-17)8-10-15/h7-10,18H,2-6,11,13H2,1H3. The molecule has 0 radical (unpaired) electrons. The summed E-state index contributed by atoms with van der Waals surface area (Å²) in [6, 6.07) is 9.69. The number of carbonyl (C=O) groups excluding carboxylic acids is 1. The zero-order valence-electron chi connectivity index (χ0n) is 12.0. The first-order chi connectivity index (χ1) is 9.76. The van der Waals surface area contributed by atoms with Crippen molar-refractivity contribution in [1.82, 2.24) is 5.32 Å². The fraction of sp³-hybridized carbons (Fsp3) is 0.500. The molecule has 108 valence electrons. The highest BCUT2D eigenvalue weighted by molar-refractivity contribution is 5.69. The average molecular weight is 274 g/mol. The maximum atomic E-state index is 11.1. The summed E-state index contributed by atoms with van der Waals surface area (Å²) >= 11 is 0. The number of benzene rings is 1. The Morgan fingerprint density at radius 3 is 2.65 bits per heavy atom. The second-order valence-electron chi connectivity index (χ2n) is 4.60. The molecule has 0 heterocycles. The summed E-state index contributed by atoms with van der Waals surface area (Å²) in [5, 5.41) is 12.1. The number of carbonyl (C=O) groups is 1. The normalized spacial score (nSPS) is 10.0. The van der Waals surface area contributed by atoms with Gasteiger partial charge in [0.25, 0.3) is 0 Å². The van der Waals surface area contributed by atoms with E-state index in [4.69, 9.17) is 10.00 Å². The summed E-state index contributed by atoms with van der Waals surface area (Å²) in [5.74, 6) is -0.0990. The van der Waals surface area contributed by atoms with Crippen LogP contribution < -0.4 is 5.32 Å². The monoisotopic (exact) mass is 274 g/mol. The topological polar surface area (TPSA) is 62.1 Å².